The summed E-state index contributed by atoms with van der Waals surface area (Å²) in [6.45, 7) is 2.24. The summed E-state index contributed by atoms with van der Waals surface area (Å²) < 4.78 is 15.4. The molecule has 10 nitrogen and oxygen atoms in total. The topological polar surface area (TPSA) is 153 Å². The second-order valence-corrected chi connectivity index (χ2v) is 7.35. The minimum Gasteiger partial charge on any atom is -0.489 e. The Bertz CT molecular complexity index is 993. The molecule has 2 aromatic rings. The smallest absolute Gasteiger partial charge is 0.407 e. The van der Waals surface area contributed by atoms with E-state index < -0.39 is 24.0 Å². The summed E-state index contributed by atoms with van der Waals surface area (Å²) >= 11 is 0. The van der Waals surface area contributed by atoms with Crippen molar-refractivity contribution in [1.82, 2.24) is 10.6 Å². The highest BCUT2D eigenvalue weighted by atomic mass is 16.6. The fourth-order valence-corrected chi connectivity index (χ4v) is 2.83. The van der Waals surface area contributed by atoms with Gasteiger partial charge in [-0.05, 0) is 48.4 Å². The third-order valence-electron chi connectivity index (χ3n) is 4.74. The van der Waals surface area contributed by atoms with Crippen LogP contribution in [0.5, 0.6) is 5.75 Å². The number of benzene rings is 2. The Labute approximate surface area is 198 Å². The maximum absolute atomic E-state index is 12.6. The maximum atomic E-state index is 12.6. The van der Waals surface area contributed by atoms with Gasteiger partial charge in [-0.2, -0.15) is 0 Å². The lowest BCUT2D eigenvalue weighted by molar-refractivity contribution is -0.142. The fourth-order valence-electron chi connectivity index (χ4n) is 2.83. The number of nitrogens with one attached hydrogen (secondary N) is 3. The van der Waals surface area contributed by atoms with E-state index in [1.807, 2.05) is 13.0 Å². The molecule has 182 valence electrons. The van der Waals surface area contributed by atoms with Crippen molar-refractivity contribution in [3.63, 3.8) is 0 Å². The molecule has 0 aliphatic carbocycles. The van der Waals surface area contributed by atoms with Gasteiger partial charge in [0.15, 0.2) is 0 Å². The Hall–Kier alpha value is -4.08. The van der Waals surface area contributed by atoms with Gasteiger partial charge in [0.2, 0.25) is 0 Å². The monoisotopic (exact) mass is 470 g/mol. The Morgan fingerprint density at radius 2 is 1.82 bits per heavy atom. The van der Waals surface area contributed by atoms with Crippen molar-refractivity contribution in [2.75, 3.05) is 20.3 Å². The molecule has 0 aliphatic heterocycles. The van der Waals surface area contributed by atoms with E-state index in [4.69, 9.17) is 25.4 Å². The van der Waals surface area contributed by atoms with Crippen LogP contribution < -0.4 is 21.1 Å². The normalized spacial score (nSPS) is 11.1. The number of amides is 2. The summed E-state index contributed by atoms with van der Waals surface area (Å²) in [6.07, 6.45) is 0.810. The van der Waals surface area contributed by atoms with Crippen LogP contribution in [0.25, 0.3) is 0 Å². The molecule has 0 saturated heterocycles. The number of carbonyl (C=O) groups excluding carboxylic acids is 3. The molecular weight excluding hydrogens is 440 g/mol. The van der Waals surface area contributed by atoms with Crippen molar-refractivity contribution in [1.29, 1.82) is 5.41 Å². The highest BCUT2D eigenvalue weighted by Gasteiger charge is 2.23. The molecule has 10 heteroatoms. The number of ether oxygens (including phenoxy) is 3. The molecular formula is C24H30N4O6. The van der Waals surface area contributed by atoms with Crippen LogP contribution in [0.3, 0.4) is 0 Å². The van der Waals surface area contributed by atoms with E-state index in [1.165, 1.54) is 7.11 Å². The zero-order valence-electron chi connectivity index (χ0n) is 19.3. The number of carbonyl (C=O) groups is 3. The highest BCUT2D eigenvalue weighted by molar-refractivity contribution is 5.95. The third-order valence-corrected chi connectivity index (χ3v) is 4.74. The zero-order valence-corrected chi connectivity index (χ0v) is 19.3. The SMILES string of the molecule is CCCCOC(=O)N[C@@H](CNC(=O)c1cccc(COc2ccc(C(=N)N)cc2)c1)C(=O)OC. The van der Waals surface area contributed by atoms with E-state index in [-0.39, 0.29) is 25.6 Å². The predicted octanol–water partition coefficient (Wildman–Crippen LogP) is 2.35. The lowest BCUT2D eigenvalue weighted by Crippen LogP contribution is -2.49. The van der Waals surface area contributed by atoms with Crippen molar-refractivity contribution in [2.24, 2.45) is 5.73 Å². The summed E-state index contributed by atoms with van der Waals surface area (Å²) in [4.78, 5) is 36.4. The van der Waals surface area contributed by atoms with Gasteiger partial charge in [-0.3, -0.25) is 10.2 Å². The molecule has 0 spiro atoms. The fraction of sp³-hybridized carbons (Fsp3) is 0.333. The molecule has 2 rings (SSSR count). The second kappa shape index (κ2) is 13.5. The number of esters is 1. The Morgan fingerprint density at radius 1 is 1.09 bits per heavy atom. The first-order valence-electron chi connectivity index (χ1n) is 10.8. The minimum atomic E-state index is -1.09. The lowest BCUT2D eigenvalue weighted by atomic mass is 10.1. The molecule has 0 unspecified atom stereocenters. The van der Waals surface area contributed by atoms with Crippen LogP contribution in [-0.4, -0.2) is 50.1 Å². The molecule has 0 bridgehead atoms. The van der Waals surface area contributed by atoms with Gasteiger partial charge in [0, 0.05) is 17.7 Å². The third kappa shape index (κ3) is 8.45. The molecule has 1 atom stereocenters. The molecule has 2 aromatic carbocycles. The first-order chi connectivity index (χ1) is 16.3. The van der Waals surface area contributed by atoms with Gasteiger partial charge in [-0.1, -0.05) is 25.5 Å². The molecule has 0 heterocycles. The van der Waals surface area contributed by atoms with Crippen LogP contribution in [0.1, 0.15) is 41.3 Å². The number of rotatable bonds is 12. The first kappa shape index (κ1) is 26.2. The van der Waals surface area contributed by atoms with Crippen LogP contribution in [0.4, 0.5) is 4.79 Å². The van der Waals surface area contributed by atoms with Crippen molar-refractivity contribution in [3.05, 3.63) is 65.2 Å². The van der Waals surface area contributed by atoms with E-state index in [0.29, 0.717) is 23.3 Å². The number of amidine groups is 1. The summed E-state index contributed by atoms with van der Waals surface area (Å²) in [5.41, 5.74) is 7.16. The lowest BCUT2D eigenvalue weighted by Gasteiger charge is -2.17. The minimum absolute atomic E-state index is 0.0247. The Morgan fingerprint density at radius 3 is 2.47 bits per heavy atom. The summed E-state index contributed by atoms with van der Waals surface area (Å²) in [5, 5.41) is 12.4. The van der Waals surface area contributed by atoms with Crippen LogP contribution in [0.15, 0.2) is 48.5 Å². The number of hydrogen-bond acceptors (Lipinski definition) is 7. The van der Waals surface area contributed by atoms with Gasteiger partial charge in [0.1, 0.15) is 24.2 Å². The molecule has 2 amide bonds. The standard InChI is InChI=1S/C24H30N4O6/c1-3-4-12-33-24(31)28-20(23(30)32-2)14-27-22(29)18-7-5-6-16(13-18)15-34-19-10-8-17(9-11-19)21(25)26/h5-11,13,20H,3-4,12,14-15H2,1-2H3,(H3,25,26)(H,27,29)(H,28,31)/t20-/m0/s1. The average Bonchev–Trinajstić information content (AvgIpc) is 2.85. The quantitative estimate of drug-likeness (QED) is 0.161. The van der Waals surface area contributed by atoms with Gasteiger partial charge in [-0.15, -0.1) is 0 Å². The van der Waals surface area contributed by atoms with E-state index in [1.54, 1.807) is 42.5 Å². The van der Waals surface area contributed by atoms with Crippen LogP contribution >= 0.6 is 0 Å². The maximum Gasteiger partial charge on any atom is 0.407 e. The number of methoxy groups -OCH3 is 1. The molecule has 5 N–H and O–H groups in total. The van der Waals surface area contributed by atoms with Gasteiger partial charge in [0.25, 0.3) is 5.91 Å². The molecule has 34 heavy (non-hydrogen) atoms. The van der Waals surface area contributed by atoms with Crippen molar-refractivity contribution in [2.45, 2.75) is 32.4 Å². The number of hydrogen-bond donors (Lipinski definition) is 4. The summed E-state index contributed by atoms with van der Waals surface area (Å²) in [7, 11) is 1.19. The molecule has 0 aromatic heterocycles. The van der Waals surface area contributed by atoms with E-state index in [0.717, 1.165) is 12.0 Å². The molecule has 0 saturated carbocycles. The number of nitrogen functional groups attached to an aromatic ring is 1. The van der Waals surface area contributed by atoms with Gasteiger partial charge in [0.05, 0.1) is 13.7 Å². The van der Waals surface area contributed by atoms with E-state index in [9.17, 15) is 14.4 Å². The summed E-state index contributed by atoms with van der Waals surface area (Å²) in [5.74, 6) is -0.561. The van der Waals surface area contributed by atoms with Crippen molar-refractivity contribution in [3.8, 4) is 5.75 Å². The number of unbranched alkanes of at least 4 members (excludes halogenated alkanes) is 1. The average molecular weight is 471 g/mol. The molecule has 0 aliphatic rings. The zero-order chi connectivity index (χ0) is 24.9. The molecule has 0 radical (unpaired) electrons. The highest BCUT2D eigenvalue weighted by Crippen LogP contribution is 2.15. The Kier molecular flexibility index (Phi) is 10.4. The number of alkyl carbamates (subject to hydrolysis) is 1. The van der Waals surface area contributed by atoms with Crippen molar-refractivity contribution < 1.29 is 28.6 Å². The van der Waals surface area contributed by atoms with Crippen molar-refractivity contribution >= 4 is 23.8 Å². The van der Waals surface area contributed by atoms with Crippen LogP contribution in [0, 0.1) is 5.41 Å². The van der Waals surface area contributed by atoms with Gasteiger partial charge < -0.3 is 30.6 Å². The van der Waals surface area contributed by atoms with Gasteiger partial charge >= 0.3 is 12.1 Å². The number of nitrogens with two attached hydrogens (primary N) is 1. The van der Waals surface area contributed by atoms with Crippen LogP contribution in [-0.2, 0) is 20.9 Å². The van der Waals surface area contributed by atoms with Gasteiger partial charge in [-0.25, -0.2) is 9.59 Å². The second-order valence-electron chi connectivity index (χ2n) is 7.35. The summed E-state index contributed by atoms with van der Waals surface area (Å²) in [6, 6.07) is 12.5. The first-order valence-corrected chi connectivity index (χ1v) is 10.8. The largest absolute Gasteiger partial charge is 0.489 e. The van der Waals surface area contributed by atoms with E-state index >= 15 is 0 Å². The predicted molar refractivity (Wildman–Crippen MR) is 126 cm³/mol. The Balaban J connectivity index is 1.92. The van der Waals surface area contributed by atoms with Crippen LogP contribution in [0.2, 0.25) is 0 Å². The molecule has 0 fully saturated rings. The van der Waals surface area contributed by atoms with E-state index in [2.05, 4.69) is 10.6 Å².